The number of hydrogen-bond donors (Lipinski definition) is 0. The lowest BCUT2D eigenvalue weighted by molar-refractivity contribution is 0.0280. The molecule has 0 aromatic heterocycles. The van der Waals surface area contributed by atoms with E-state index in [1.807, 2.05) is 50.2 Å². The van der Waals surface area contributed by atoms with Crippen LogP contribution in [-0.2, 0) is 4.74 Å². The third-order valence-corrected chi connectivity index (χ3v) is 5.09. The highest BCUT2D eigenvalue weighted by Gasteiger charge is 2.27. The van der Waals surface area contributed by atoms with Crippen LogP contribution >= 0.6 is 22.6 Å². The lowest BCUT2D eigenvalue weighted by atomic mass is 9.97. The molecule has 0 bridgehead atoms. The largest absolute Gasteiger partial charge is 0.445 e. The van der Waals surface area contributed by atoms with E-state index in [4.69, 9.17) is 4.74 Å². The molecule has 0 spiro atoms. The third kappa shape index (κ3) is 4.63. The standard InChI is InChI=1S/C23H19IO3/c1-15-11-12-18(13-16(15)2)21(25)22(17-7-4-3-5-8-17)27-23(26)19-9-6-10-20(24)14-19/h3-14,22H,1-2H3/t22-/m1/s1. The quantitative estimate of drug-likeness (QED) is 0.274. The number of carbonyl (C=O) groups excluding carboxylic acids is 2. The summed E-state index contributed by atoms with van der Waals surface area (Å²) in [6, 6.07) is 21.8. The van der Waals surface area contributed by atoms with Gasteiger partial charge in [-0.2, -0.15) is 0 Å². The van der Waals surface area contributed by atoms with Gasteiger partial charge in [-0.05, 0) is 71.8 Å². The average molecular weight is 470 g/mol. The van der Waals surface area contributed by atoms with E-state index >= 15 is 0 Å². The Kier molecular flexibility index (Phi) is 6.06. The number of hydrogen-bond acceptors (Lipinski definition) is 3. The molecule has 0 N–H and O–H groups in total. The van der Waals surface area contributed by atoms with Crippen molar-refractivity contribution in [3.63, 3.8) is 0 Å². The van der Waals surface area contributed by atoms with Gasteiger partial charge in [-0.1, -0.05) is 48.5 Å². The third-order valence-electron chi connectivity index (χ3n) is 4.42. The normalized spacial score (nSPS) is 11.7. The van der Waals surface area contributed by atoms with E-state index in [2.05, 4.69) is 22.6 Å². The number of ether oxygens (including phenoxy) is 1. The predicted molar refractivity (Wildman–Crippen MR) is 114 cm³/mol. The summed E-state index contributed by atoms with van der Waals surface area (Å²) in [6.45, 7) is 3.96. The van der Waals surface area contributed by atoms with Crippen molar-refractivity contribution in [3.8, 4) is 0 Å². The summed E-state index contributed by atoms with van der Waals surface area (Å²) in [5.74, 6) is -0.747. The fourth-order valence-corrected chi connectivity index (χ4v) is 3.28. The molecule has 27 heavy (non-hydrogen) atoms. The summed E-state index contributed by atoms with van der Waals surface area (Å²) in [5.41, 5.74) is 3.74. The Hall–Kier alpha value is -2.47. The minimum absolute atomic E-state index is 0.233. The van der Waals surface area contributed by atoms with E-state index in [1.165, 1.54) is 0 Å². The molecule has 3 rings (SSSR count). The fraction of sp³-hybridized carbons (Fsp3) is 0.130. The van der Waals surface area contributed by atoms with Gasteiger partial charge in [0.25, 0.3) is 0 Å². The lowest BCUT2D eigenvalue weighted by Gasteiger charge is -2.18. The summed E-state index contributed by atoms with van der Waals surface area (Å²) in [5, 5.41) is 0. The minimum Gasteiger partial charge on any atom is -0.445 e. The van der Waals surface area contributed by atoms with Gasteiger partial charge in [0, 0.05) is 14.7 Å². The molecular formula is C23H19IO3. The van der Waals surface area contributed by atoms with Crippen molar-refractivity contribution in [1.82, 2.24) is 0 Å². The van der Waals surface area contributed by atoms with E-state index in [0.717, 1.165) is 14.7 Å². The molecule has 1 atom stereocenters. The van der Waals surface area contributed by atoms with Crippen molar-refractivity contribution in [2.75, 3.05) is 0 Å². The molecule has 0 amide bonds. The van der Waals surface area contributed by atoms with Crippen molar-refractivity contribution >= 4 is 34.3 Å². The van der Waals surface area contributed by atoms with Crippen LogP contribution in [0.2, 0.25) is 0 Å². The Morgan fingerprint density at radius 2 is 1.56 bits per heavy atom. The topological polar surface area (TPSA) is 43.4 Å². The maximum absolute atomic E-state index is 13.2. The zero-order valence-electron chi connectivity index (χ0n) is 15.1. The molecule has 0 aliphatic heterocycles. The molecule has 3 aromatic rings. The maximum Gasteiger partial charge on any atom is 0.339 e. The Morgan fingerprint density at radius 3 is 2.22 bits per heavy atom. The monoisotopic (exact) mass is 470 g/mol. The number of aryl methyl sites for hydroxylation is 2. The molecular weight excluding hydrogens is 451 g/mol. The molecule has 3 nitrogen and oxygen atoms in total. The van der Waals surface area contributed by atoms with Crippen molar-refractivity contribution in [1.29, 1.82) is 0 Å². The van der Waals surface area contributed by atoms with Gasteiger partial charge in [-0.25, -0.2) is 4.79 Å². The van der Waals surface area contributed by atoms with E-state index in [0.29, 0.717) is 16.7 Å². The minimum atomic E-state index is -0.987. The van der Waals surface area contributed by atoms with Crippen molar-refractivity contribution in [2.45, 2.75) is 20.0 Å². The maximum atomic E-state index is 13.2. The highest BCUT2D eigenvalue weighted by molar-refractivity contribution is 14.1. The molecule has 0 fully saturated rings. The predicted octanol–water partition coefficient (Wildman–Crippen LogP) is 5.69. The summed E-state index contributed by atoms with van der Waals surface area (Å²) in [6.07, 6.45) is -0.987. The van der Waals surface area contributed by atoms with Crippen LogP contribution in [0, 0.1) is 17.4 Å². The molecule has 136 valence electrons. The van der Waals surface area contributed by atoms with Crippen LogP contribution in [-0.4, -0.2) is 11.8 Å². The van der Waals surface area contributed by atoms with Gasteiger partial charge in [0.05, 0.1) is 5.56 Å². The van der Waals surface area contributed by atoms with Crippen LogP contribution in [0.15, 0.2) is 72.8 Å². The second-order valence-corrected chi connectivity index (χ2v) is 7.62. The molecule has 0 saturated carbocycles. The molecule has 0 radical (unpaired) electrons. The molecule has 0 heterocycles. The summed E-state index contributed by atoms with van der Waals surface area (Å²) >= 11 is 2.14. The molecule has 4 heteroatoms. The lowest BCUT2D eigenvalue weighted by Crippen LogP contribution is -2.20. The average Bonchev–Trinajstić information content (AvgIpc) is 2.68. The van der Waals surface area contributed by atoms with E-state index in [-0.39, 0.29) is 5.78 Å². The van der Waals surface area contributed by atoms with Crippen LogP contribution in [0.4, 0.5) is 0 Å². The smallest absolute Gasteiger partial charge is 0.339 e. The molecule has 0 unspecified atom stereocenters. The number of benzene rings is 3. The summed E-state index contributed by atoms with van der Waals surface area (Å²) < 4.78 is 6.60. The highest BCUT2D eigenvalue weighted by atomic mass is 127. The number of halogens is 1. The van der Waals surface area contributed by atoms with Crippen molar-refractivity contribution in [3.05, 3.63) is 104 Å². The first-order valence-electron chi connectivity index (χ1n) is 8.58. The first kappa shape index (κ1) is 19.3. The van der Waals surface area contributed by atoms with Gasteiger partial charge in [0.1, 0.15) is 0 Å². The second kappa shape index (κ2) is 8.48. The first-order chi connectivity index (χ1) is 13.0. The summed E-state index contributed by atoms with van der Waals surface area (Å²) in [7, 11) is 0. The fourth-order valence-electron chi connectivity index (χ4n) is 2.74. The van der Waals surface area contributed by atoms with Gasteiger partial charge < -0.3 is 4.74 Å². The van der Waals surface area contributed by atoms with Crippen LogP contribution in [0.1, 0.15) is 43.5 Å². The Balaban J connectivity index is 1.95. The molecule has 3 aromatic carbocycles. The van der Waals surface area contributed by atoms with Gasteiger partial charge >= 0.3 is 5.97 Å². The Labute approximate surface area is 172 Å². The van der Waals surface area contributed by atoms with Crippen molar-refractivity contribution < 1.29 is 14.3 Å². The molecule has 0 aliphatic carbocycles. The molecule has 0 aliphatic rings. The van der Waals surface area contributed by atoms with Gasteiger partial charge in [0.2, 0.25) is 5.78 Å². The SMILES string of the molecule is Cc1ccc(C(=O)[C@H](OC(=O)c2cccc(I)c2)c2ccccc2)cc1C. The van der Waals surface area contributed by atoms with Gasteiger partial charge in [-0.3, -0.25) is 4.79 Å². The summed E-state index contributed by atoms with van der Waals surface area (Å²) in [4.78, 5) is 25.8. The number of Topliss-reactive ketones (excluding diaryl/α,β-unsaturated/α-hetero) is 1. The van der Waals surface area contributed by atoms with Crippen LogP contribution < -0.4 is 0 Å². The zero-order valence-corrected chi connectivity index (χ0v) is 17.3. The van der Waals surface area contributed by atoms with E-state index in [9.17, 15) is 9.59 Å². The number of rotatable bonds is 5. The van der Waals surface area contributed by atoms with Crippen molar-refractivity contribution in [2.24, 2.45) is 0 Å². The Morgan fingerprint density at radius 1 is 0.815 bits per heavy atom. The van der Waals surface area contributed by atoms with E-state index in [1.54, 1.807) is 36.4 Å². The number of carbonyl (C=O) groups is 2. The van der Waals surface area contributed by atoms with Crippen LogP contribution in [0.3, 0.4) is 0 Å². The van der Waals surface area contributed by atoms with Gasteiger partial charge in [0.15, 0.2) is 6.10 Å². The first-order valence-corrected chi connectivity index (χ1v) is 9.66. The van der Waals surface area contributed by atoms with Crippen LogP contribution in [0.5, 0.6) is 0 Å². The van der Waals surface area contributed by atoms with Gasteiger partial charge in [-0.15, -0.1) is 0 Å². The Bertz CT molecular complexity index is 980. The number of ketones is 1. The van der Waals surface area contributed by atoms with E-state index < -0.39 is 12.1 Å². The molecule has 0 saturated heterocycles. The van der Waals surface area contributed by atoms with Crippen LogP contribution in [0.25, 0.3) is 0 Å². The highest BCUT2D eigenvalue weighted by Crippen LogP contribution is 2.25. The number of esters is 1. The zero-order chi connectivity index (χ0) is 19.4. The second-order valence-electron chi connectivity index (χ2n) is 6.37.